The van der Waals surface area contributed by atoms with E-state index < -0.39 is 28.3 Å². The number of rotatable bonds is 4. The molecule has 0 aromatic heterocycles. The Balaban J connectivity index is 2.42. The molecule has 0 aromatic rings. The Kier molecular flexibility index (Phi) is 4.19. The molecule has 0 spiro atoms. The first kappa shape index (κ1) is 13.7. The fraction of sp³-hybridized carbons (Fsp3) is 1.00. The molecule has 0 aromatic carbocycles. The van der Waals surface area contributed by atoms with E-state index in [4.69, 9.17) is 4.74 Å². The fourth-order valence-electron chi connectivity index (χ4n) is 1.44. The Morgan fingerprint density at radius 2 is 1.88 bits per heavy atom. The SMILES string of the molecule is CCC1CCC(COS(=O)(=O)C(F)(F)F)O1. The maximum Gasteiger partial charge on any atom is 0.523 e. The third kappa shape index (κ3) is 3.33. The normalized spacial score (nSPS) is 27.2. The zero-order valence-electron chi connectivity index (χ0n) is 8.66. The monoisotopic (exact) mass is 262 g/mol. The van der Waals surface area contributed by atoms with Gasteiger partial charge in [0.25, 0.3) is 0 Å². The Morgan fingerprint density at radius 1 is 1.31 bits per heavy atom. The van der Waals surface area contributed by atoms with Crippen molar-refractivity contribution >= 4 is 10.1 Å². The van der Waals surface area contributed by atoms with E-state index >= 15 is 0 Å². The summed E-state index contributed by atoms with van der Waals surface area (Å²) in [6, 6.07) is 0. The Bertz CT molecular complexity index is 325. The molecular weight excluding hydrogens is 249 g/mol. The van der Waals surface area contributed by atoms with E-state index in [1.54, 1.807) is 0 Å². The molecule has 1 saturated heterocycles. The van der Waals surface area contributed by atoms with Gasteiger partial charge in [0.05, 0.1) is 18.8 Å². The molecule has 0 bridgehead atoms. The molecule has 1 rings (SSSR count). The third-order valence-corrected chi connectivity index (χ3v) is 3.36. The average Bonchev–Trinajstić information content (AvgIpc) is 2.60. The molecule has 0 saturated carbocycles. The van der Waals surface area contributed by atoms with E-state index in [0.29, 0.717) is 6.42 Å². The first-order valence-corrected chi connectivity index (χ1v) is 6.28. The van der Waals surface area contributed by atoms with E-state index in [9.17, 15) is 21.6 Å². The van der Waals surface area contributed by atoms with Crippen LogP contribution < -0.4 is 0 Å². The first-order valence-electron chi connectivity index (χ1n) is 4.87. The van der Waals surface area contributed by atoms with Crippen molar-refractivity contribution in [2.45, 2.75) is 43.9 Å². The van der Waals surface area contributed by atoms with Crippen molar-refractivity contribution in [1.82, 2.24) is 0 Å². The molecular formula is C8H13F3O4S. The number of hydrogen-bond acceptors (Lipinski definition) is 4. The summed E-state index contributed by atoms with van der Waals surface area (Å²) < 4.78 is 66.0. The highest BCUT2D eigenvalue weighted by Gasteiger charge is 2.47. The van der Waals surface area contributed by atoms with Gasteiger partial charge in [-0.05, 0) is 19.3 Å². The van der Waals surface area contributed by atoms with Crippen LogP contribution in [0.5, 0.6) is 0 Å². The molecule has 0 amide bonds. The highest BCUT2D eigenvalue weighted by Crippen LogP contribution is 2.27. The van der Waals surface area contributed by atoms with Gasteiger partial charge in [0.2, 0.25) is 0 Å². The van der Waals surface area contributed by atoms with Gasteiger partial charge in [-0.2, -0.15) is 21.6 Å². The highest BCUT2D eigenvalue weighted by molar-refractivity contribution is 7.87. The summed E-state index contributed by atoms with van der Waals surface area (Å²) >= 11 is 0. The predicted molar refractivity (Wildman–Crippen MR) is 49.1 cm³/mol. The molecule has 1 aliphatic rings. The molecule has 96 valence electrons. The number of alkyl halides is 3. The molecule has 0 radical (unpaired) electrons. The van der Waals surface area contributed by atoms with Crippen molar-refractivity contribution in [2.24, 2.45) is 0 Å². The molecule has 8 heteroatoms. The van der Waals surface area contributed by atoms with Gasteiger partial charge in [-0.25, -0.2) is 0 Å². The largest absolute Gasteiger partial charge is 0.523 e. The van der Waals surface area contributed by atoms with Crippen LogP contribution in [0.15, 0.2) is 0 Å². The quantitative estimate of drug-likeness (QED) is 0.572. The van der Waals surface area contributed by atoms with E-state index in [2.05, 4.69) is 4.18 Å². The van der Waals surface area contributed by atoms with Crippen LogP contribution in [0.2, 0.25) is 0 Å². The van der Waals surface area contributed by atoms with Crippen LogP contribution in [-0.2, 0) is 19.0 Å². The molecule has 16 heavy (non-hydrogen) atoms. The average molecular weight is 262 g/mol. The summed E-state index contributed by atoms with van der Waals surface area (Å²) in [6.45, 7) is 1.32. The lowest BCUT2D eigenvalue weighted by atomic mass is 10.2. The summed E-state index contributed by atoms with van der Waals surface area (Å²) in [5.74, 6) is 0. The van der Waals surface area contributed by atoms with Crippen LogP contribution in [0.25, 0.3) is 0 Å². The Morgan fingerprint density at radius 3 is 2.31 bits per heavy atom. The van der Waals surface area contributed by atoms with Crippen molar-refractivity contribution in [3.63, 3.8) is 0 Å². The molecule has 1 heterocycles. The van der Waals surface area contributed by atoms with Gasteiger partial charge in [-0.15, -0.1) is 0 Å². The summed E-state index contributed by atoms with van der Waals surface area (Å²) in [7, 11) is -5.49. The van der Waals surface area contributed by atoms with Gasteiger partial charge in [0.1, 0.15) is 0 Å². The number of halogens is 3. The van der Waals surface area contributed by atoms with Gasteiger partial charge in [0.15, 0.2) is 0 Å². The Labute approximate surface area is 91.8 Å². The topological polar surface area (TPSA) is 52.6 Å². The summed E-state index contributed by atoms with van der Waals surface area (Å²) in [6.07, 6.45) is 1.41. The fourth-order valence-corrected chi connectivity index (χ4v) is 1.90. The van der Waals surface area contributed by atoms with Crippen molar-refractivity contribution in [1.29, 1.82) is 0 Å². The van der Waals surface area contributed by atoms with Crippen LogP contribution in [0.1, 0.15) is 26.2 Å². The second-order valence-corrected chi connectivity index (χ2v) is 5.16. The van der Waals surface area contributed by atoms with Crippen LogP contribution in [0.3, 0.4) is 0 Å². The lowest BCUT2D eigenvalue weighted by Crippen LogP contribution is -2.29. The highest BCUT2D eigenvalue weighted by atomic mass is 32.2. The zero-order chi connectivity index (χ0) is 12.4. The van der Waals surface area contributed by atoms with Gasteiger partial charge >= 0.3 is 15.6 Å². The summed E-state index contributed by atoms with van der Waals surface area (Å²) in [5, 5.41) is 0. The number of ether oxygens (including phenoxy) is 1. The van der Waals surface area contributed by atoms with Crippen molar-refractivity contribution in [3.8, 4) is 0 Å². The van der Waals surface area contributed by atoms with Crippen molar-refractivity contribution < 1.29 is 30.5 Å². The molecule has 1 aliphatic heterocycles. The summed E-state index contributed by atoms with van der Waals surface area (Å²) in [4.78, 5) is 0. The molecule has 4 nitrogen and oxygen atoms in total. The molecule has 0 N–H and O–H groups in total. The Hall–Kier alpha value is -0.340. The standard InChI is InChI=1S/C8H13F3O4S/c1-2-6-3-4-7(15-6)5-14-16(12,13)8(9,10)11/h6-7H,2-5H2,1H3. The lowest BCUT2D eigenvalue weighted by Gasteiger charge is -2.13. The van der Waals surface area contributed by atoms with Gasteiger partial charge in [-0.3, -0.25) is 4.18 Å². The lowest BCUT2D eigenvalue weighted by molar-refractivity contribution is -0.0584. The third-order valence-electron chi connectivity index (χ3n) is 2.34. The van der Waals surface area contributed by atoms with Crippen LogP contribution in [0, 0.1) is 0 Å². The molecule has 2 atom stereocenters. The number of hydrogen-bond donors (Lipinski definition) is 0. The first-order chi connectivity index (χ1) is 7.26. The smallest absolute Gasteiger partial charge is 0.373 e. The minimum atomic E-state index is -5.49. The maximum atomic E-state index is 11.9. The van der Waals surface area contributed by atoms with E-state index in [1.165, 1.54) is 0 Å². The minimum absolute atomic E-state index is 0.0119. The van der Waals surface area contributed by atoms with Crippen LogP contribution in [-0.4, -0.2) is 32.7 Å². The zero-order valence-corrected chi connectivity index (χ0v) is 9.47. The second kappa shape index (κ2) is 4.89. The van der Waals surface area contributed by atoms with Crippen LogP contribution in [0.4, 0.5) is 13.2 Å². The van der Waals surface area contributed by atoms with E-state index in [0.717, 1.165) is 12.8 Å². The van der Waals surface area contributed by atoms with Crippen LogP contribution >= 0.6 is 0 Å². The molecule has 2 unspecified atom stereocenters. The molecule has 1 fully saturated rings. The minimum Gasteiger partial charge on any atom is -0.373 e. The van der Waals surface area contributed by atoms with E-state index in [1.807, 2.05) is 6.92 Å². The predicted octanol–water partition coefficient (Wildman–Crippen LogP) is 1.81. The van der Waals surface area contributed by atoms with Gasteiger partial charge in [0, 0.05) is 0 Å². The van der Waals surface area contributed by atoms with Crippen molar-refractivity contribution in [2.75, 3.05) is 6.61 Å². The second-order valence-electron chi connectivity index (χ2n) is 3.55. The molecule has 0 aliphatic carbocycles. The summed E-state index contributed by atoms with van der Waals surface area (Å²) in [5.41, 5.74) is -5.37. The van der Waals surface area contributed by atoms with Crippen molar-refractivity contribution in [3.05, 3.63) is 0 Å². The van der Waals surface area contributed by atoms with Gasteiger partial charge < -0.3 is 4.74 Å². The van der Waals surface area contributed by atoms with Gasteiger partial charge in [-0.1, -0.05) is 6.92 Å². The maximum absolute atomic E-state index is 11.9. The van der Waals surface area contributed by atoms with E-state index in [-0.39, 0.29) is 6.10 Å².